The minimum Gasteiger partial charge on any atom is -0.492 e. The van der Waals surface area contributed by atoms with Crippen molar-refractivity contribution in [2.24, 2.45) is 0 Å². The number of nitrogens with zero attached hydrogens (tertiary/aromatic N) is 1. The fourth-order valence-corrected chi connectivity index (χ4v) is 2.94. The summed E-state index contributed by atoms with van der Waals surface area (Å²) in [5.41, 5.74) is 3.97. The van der Waals surface area contributed by atoms with Gasteiger partial charge in [-0.3, -0.25) is 0 Å². The second kappa shape index (κ2) is 6.69. The molecule has 0 atom stereocenters. The van der Waals surface area contributed by atoms with Crippen LogP contribution in [0.3, 0.4) is 0 Å². The van der Waals surface area contributed by atoms with Crippen LogP contribution in [0.2, 0.25) is 0 Å². The normalized spacial score (nSPS) is 11.0. The van der Waals surface area contributed by atoms with Gasteiger partial charge in [-0.1, -0.05) is 43.7 Å². The lowest BCUT2D eigenvalue weighted by molar-refractivity contribution is 0.300. The van der Waals surface area contributed by atoms with Crippen LogP contribution in [0.5, 0.6) is 5.75 Å². The van der Waals surface area contributed by atoms with Crippen molar-refractivity contribution in [1.82, 2.24) is 4.57 Å². The highest BCUT2D eigenvalue weighted by molar-refractivity contribution is 5.83. The Balaban J connectivity index is 1.73. The van der Waals surface area contributed by atoms with Gasteiger partial charge in [-0.2, -0.15) is 0 Å². The molecule has 2 nitrogen and oxygen atoms in total. The summed E-state index contributed by atoms with van der Waals surface area (Å²) in [4.78, 5) is 0. The molecular weight excluding hydrogens is 270 g/mol. The molecule has 0 unspecified atom stereocenters. The Bertz CT molecular complexity index is 757. The number of benzene rings is 2. The summed E-state index contributed by atoms with van der Waals surface area (Å²) >= 11 is 0. The number of hydrogen-bond acceptors (Lipinski definition) is 1. The van der Waals surface area contributed by atoms with E-state index in [-0.39, 0.29) is 0 Å². The fraction of sp³-hybridized carbons (Fsp3) is 0.300. The average molecular weight is 293 g/mol. The maximum absolute atomic E-state index is 5.89. The summed E-state index contributed by atoms with van der Waals surface area (Å²) in [5, 5.41) is 1.37. The quantitative estimate of drug-likeness (QED) is 0.625. The molecule has 0 saturated heterocycles. The third-order valence-electron chi connectivity index (χ3n) is 3.98. The fourth-order valence-electron chi connectivity index (χ4n) is 2.94. The van der Waals surface area contributed by atoms with Gasteiger partial charge >= 0.3 is 0 Å². The van der Waals surface area contributed by atoms with Gasteiger partial charge in [0.15, 0.2) is 0 Å². The molecule has 0 N–H and O–H groups in total. The van der Waals surface area contributed by atoms with Gasteiger partial charge in [-0.05, 0) is 42.7 Å². The van der Waals surface area contributed by atoms with Gasteiger partial charge in [-0.15, -0.1) is 0 Å². The Morgan fingerprint density at radius 3 is 2.73 bits per heavy atom. The molecule has 1 heterocycles. The van der Waals surface area contributed by atoms with Crippen molar-refractivity contribution in [3.63, 3.8) is 0 Å². The number of rotatable bonds is 6. The lowest BCUT2D eigenvalue weighted by atomic mass is 10.1. The third kappa shape index (κ3) is 3.16. The highest BCUT2D eigenvalue weighted by Gasteiger charge is 2.07. The molecule has 0 aliphatic rings. The number of aryl methyl sites for hydroxylation is 2. The first kappa shape index (κ1) is 14.7. The van der Waals surface area contributed by atoms with Crippen molar-refractivity contribution in [1.29, 1.82) is 0 Å². The molecule has 2 heteroatoms. The predicted octanol–water partition coefficient (Wildman–Crippen LogP) is 4.98. The van der Waals surface area contributed by atoms with Crippen LogP contribution < -0.4 is 4.74 Å². The van der Waals surface area contributed by atoms with Crippen molar-refractivity contribution >= 4 is 10.9 Å². The summed E-state index contributed by atoms with van der Waals surface area (Å²) < 4.78 is 8.20. The summed E-state index contributed by atoms with van der Waals surface area (Å²) in [6.07, 6.45) is 4.59. The Morgan fingerprint density at radius 2 is 1.91 bits per heavy atom. The standard InChI is InChI=1S/C20H23NO/c1-3-7-17-15-21(20-11-5-4-10-19(17)20)12-13-22-18-9-6-8-16(2)14-18/h4-6,8-11,14-15H,3,7,12-13H2,1-2H3. The van der Waals surface area contributed by atoms with Crippen molar-refractivity contribution < 1.29 is 4.74 Å². The first-order chi connectivity index (χ1) is 10.8. The van der Waals surface area contributed by atoms with Crippen LogP contribution in [0.1, 0.15) is 24.5 Å². The van der Waals surface area contributed by atoms with Crippen molar-refractivity contribution in [3.8, 4) is 5.75 Å². The molecule has 2 aromatic carbocycles. The summed E-state index contributed by atoms with van der Waals surface area (Å²) in [6.45, 7) is 5.88. The number of fused-ring (bicyclic) bond motifs is 1. The lowest BCUT2D eigenvalue weighted by Crippen LogP contribution is -2.07. The van der Waals surface area contributed by atoms with E-state index in [4.69, 9.17) is 4.74 Å². The van der Waals surface area contributed by atoms with Crippen LogP contribution in [0.4, 0.5) is 0 Å². The molecule has 0 aliphatic carbocycles. The van der Waals surface area contributed by atoms with Crippen LogP contribution in [-0.4, -0.2) is 11.2 Å². The molecule has 22 heavy (non-hydrogen) atoms. The number of ether oxygens (including phenoxy) is 1. The van der Waals surface area contributed by atoms with Crippen molar-refractivity contribution in [2.45, 2.75) is 33.2 Å². The predicted molar refractivity (Wildman–Crippen MR) is 92.6 cm³/mol. The van der Waals surface area contributed by atoms with Crippen LogP contribution >= 0.6 is 0 Å². The molecule has 3 rings (SSSR count). The van der Waals surface area contributed by atoms with Gasteiger partial charge in [0, 0.05) is 17.1 Å². The number of para-hydroxylation sites is 1. The lowest BCUT2D eigenvalue weighted by Gasteiger charge is -2.08. The van der Waals surface area contributed by atoms with E-state index in [1.165, 1.54) is 28.5 Å². The third-order valence-corrected chi connectivity index (χ3v) is 3.98. The highest BCUT2D eigenvalue weighted by atomic mass is 16.5. The van der Waals surface area contributed by atoms with Gasteiger partial charge in [0.2, 0.25) is 0 Å². The highest BCUT2D eigenvalue weighted by Crippen LogP contribution is 2.22. The maximum Gasteiger partial charge on any atom is 0.119 e. The van der Waals surface area contributed by atoms with E-state index in [1.54, 1.807) is 0 Å². The molecule has 114 valence electrons. The van der Waals surface area contributed by atoms with Gasteiger partial charge < -0.3 is 9.30 Å². The largest absolute Gasteiger partial charge is 0.492 e. The van der Waals surface area contributed by atoms with Crippen molar-refractivity contribution in [2.75, 3.05) is 6.61 Å². The molecule has 0 amide bonds. The molecule has 0 aliphatic heterocycles. The van der Waals surface area contributed by atoms with Gasteiger partial charge in [0.05, 0.1) is 6.54 Å². The molecule has 3 aromatic rings. The van der Waals surface area contributed by atoms with E-state index in [9.17, 15) is 0 Å². The Labute approximate surface area is 132 Å². The summed E-state index contributed by atoms with van der Waals surface area (Å²) in [6, 6.07) is 16.9. The molecular formula is C20H23NO. The monoisotopic (exact) mass is 293 g/mol. The van der Waals surface area contributed by atoms with E-state index in [1.807, 2.05) is 12.1 Å². The average Bonchev–Trinajstić information content (AvgIpc) is 2.87. The first-order valence-electron chi connectivity index (χ1n) is 8.04. The smallest absolute Gasteiger partial charge is 0.119 e. The van der Waals surface area contributed by atoms with Crippen LogP contribution in [0.15, 0.2) is 54.7 Å². The van der Waals surface area contributed by atoms with Crippen molar-refractivity contribution in [3.05, 3.63) is 65.9 Å². The molecule has 0 bridgehead atoms. The summed E-state index contributed by atoms with van der Waals surface area (Å²) in [5.74, 6) is 0.949. The first-order valence-corrected chi connectivity index (χ1v) is 8.04. The zero-order chi connectivity index (χ0) is 15.4. The molecule has 1 aromatic heterocycles. The second-order valence-electron chi connectivity index (χ2n) is 5.78. The molecule has 0 saturated carbocycles. The van der Waals surface area contributed by atoms with Crippen LogP contribution in [-0.2, 0) is 13.0 Å². The number of hydrogen-bond donors (Lipinski definition) is 0. The Hall–Kier alpha value is -2.22. The minimum absolute atomic E-state index is 0.688. The van der Waals surface area contributed by atoms with Crippen LogP contribution in [0.25, 0.3) is 10.9 Å². The van der Waals surface area contributed by atoms with Crippen LogP contribution in [0, 0.1) is 6.92 Å². The molecule has 0 radical (unpaired) electrons. The Morgan fingerprint density at radius 1 is 1.05 bits per heavy atom. The molecule has 0 fully saturated rings. The zero-order valence-electron chi connectivity index (χ0n) is 13.4. The van der Waals surface area contributed by atoms with E-state index in [0.717, 1.165) is 18.7 Å². The van der Waals surface area contributed by atoms with Gasteiger partial charge in [0.1, 0.15) is 12.4 Å². The van der Waals surface area contributed by atoms with E-state index < -0.39 is 0 Å². The topological polar surface area (TPSA) is 14.2 Å². The van der Waals surface area contributed by atoms with Gasteiger partial charge in [-0.25, -0.2) is 0 Å². The minimum atomic E-state index is 0.688. The van der Waals surface area contributed by atoms with E-state index in [0.29, 0.717) is 6.61 Å². The molecule has 0 spiro atoms. The SMILES string of the molecule is CCCc1cn(CCOc2cccc(C)c2)c2ccccc12. The van der Waals surface area contributed by atoms with Gasteiger partial charge in [0.25, 0.3) is 0 Å². The van der Waals surface area contributed by atoms with E-state index >= 15 is 0 Å². The second-order valence-corrected chi connectivity index (χ2v) is 5.78. The summed E-state index contributed by atoms with van der Waals surface area (Å²) in [7, 11) is 0. The van der Waals surface area contributed by atoms with E-state index in [2.05, 4.69) is 61.0 Å². The maximum atomic E-state index is 5.89. The zero-order valence-corrected chi connectivity index (χ0v) is 13.4. The number of aromatic nitrogens is 1. The Kier molecular flexibility index (Phi) is 4.47.